The Bertz CT molecular complexity index is 895. The fourth-order valence-corrected chi connectivity index (χ4v) is 2.26. The Labute approximate surface area is 137 Å². The average molecular weight is 332 g/mol. The van der Waals surface area contributed by atoms with Gasteiger partial charge in [-0.15, -0.1) is 0 Å². The Balaban J connectivity index is 2.62. The van der Waals surface area contributed by atoms with Crippen molar-refractivity contribution >= 4 is 23.5 Å². The fraction of sp³-hybridized carbons (Fsp3) is 0.188. The molecule has 1 aromatic carbocycles. The standard InChI is InChI=1S/C16H14ClN3O3/c1-9-11(7-18)15(21)20(2)16(22)12(9)8-19-13-6-10(17)4-5-14(13)23-3/h4-6,8,22H,1-3H3. The number of aromatic nitrogens is 1. The highest BCUT2D eigenvalue weighted by molar-refractivity contribution is 6.30. The molecule has 1 aromatic heterocycles. The first kappa shape index (κ1) is 16.6. The number of nitrogens with zero attached hydrogens (tertiary/aromatic N) is 3. The van der Waals surface area contributed by atoms with Crippen LogP contribution in [0.4, 0.5) is 5.69 Å². The molecule has 0 amide bonds. The van der Waals surface area contributed by atoms with E-state index in [-0.39, 0.29) is 17.0 Å². The Morgan fingerprint density at radius 3 is 2.78 bits per heavy atom. The molecule has 23 heavy (non-hydrogen) atoms. The molecule has 0 spiro atoms. The molecule has 0 unspecified atom stereocenters. The number of halogens is 1. The van der Waals surface area contributed by atoms with E-state index in [4.69, 9.17) is 21.6 Å². The topological polar surface area (TPSA) is 87.6 Å². The van der Waals surface area contributed by atoms with Crippen LogP contribution in [0.3, 0.4) is 0 Å². The van der Waals surface area contributed by atoms with Gasteiger partial charge in [0.25, 0.3) is 5.56 Å². The fourth-order valence-electron chi connectivity index (χ4n) is 2.09. The zero-order valence-electron chi connectivity index (χ0n) is 12.8. The second-order valence-corrected chi connectivity index (χ2v) is 5.22. The molecule has 2 aromatic rings. The summed E-state index contributed by atoms with van der Waals surface area (Å²) in [6.07, 6.45) is 1.37. The second-order valence-electron chi connectivity index (χ2n) is 4.79. The number of benzene rings is 1. The Morgan fingerprint density at radius 1 is 1.48 bits per heavy atom. The third-order valence-corrected chi connectivity index (χ3v) is 3.68. The monoisotopic (exact) mass is 331 g/mol. The van der Waals surface area contributed by atoms with Crippen LogP contribution in [0.1, 0.15) is 16.7 Å². The minimum atomic E-state index is -0.556. The third kappa shape index (κ3) is 3.05. The van der Waals surface area contributed by atoms with Crippen molar-refractivity contribution < 1.29 is 9.84 Å². The second kappa shape index (κ2) is 6.55. The van der Waals surface area contributed by atoms with Crippen LogP contribution in [0.2, 0.25) is 5.02 Å². The van der Waals surface area contributed by atoms with Crippen molar-refractivity contribution in [1.29, 1.82) is 5.26 Å². The van der Waals surface area contributed by atoms with E-state index in [1.54, 1.807) is 25.1 Å². The molecule has 0 aliphatic carbocycles. The molecule has 0 saturated heterocycles. The number of hydrogen-bond acceptors (Lipinski definition) is 5. The summed E-state index contributed by atoms with van der Waals surface area (Å²) >= 11 is 5.94. The molecule has 0 saturated carbocycles. The largest absolute Gasteiger partial charge is 0.494 e. The van der Waals surface area contributed by atoms with Gasteiger partial charge in [-0.2, -0.15) is 5.26 Å². The first-order valence-corrected chi connectivity index (χ1v) is 6.98. The number of ether oxygens (including phenoxy) is 1. The lowest BCUT2D eigenvalue weighted by molar-refractivity contribution is 0.416. The number of nitriles is 1. The molecule has 0 fully saturated rings. The van der Waals surface area contributed by atoms with Crippen LogP contribution < -0.4 is 10.3 Å². The minimum absolute atomic E-state index is 0.0372. The van der Waals surface area contributed by atoms with Crippen molar-refractivity contribution in [3.8, 4) is 17.7 Å². The molecule has 7 heteroatoms. The summed E-state index contributed by atoms with van der Waals surface area (Å²) in [5.41, 5.74) is 0.513. The van der Waals surface area contributed by atoms with Crippen molar-refractivity contribution in [2.45, 2.75) is 6.92 Å². The van der Waals surface area contributed by atoms with Crippen molar-refractivity contribution in [3.05, 3.63) is 50.3 Å². The first-order chi connectivity index (χ1) is 10.9. The van der Waals surface area contributed by atoms with Gasteiger partial charge in [0.1, 0.15) is 23.1 Å². The van der Waals surface area contributed by atoms with Gasteiger partial charge in [0.05, 0.1) is 12.7 Å². The highest BCUT2D eigenvalue weighted by Crippen LogP contribution is 2.30. The average Bonchev–Trinajstić information content (AvgIpc) is 2.53. The summed E-state index contributed by atoms with van der Waals surface area (Å²) in [7, 11) is 2.89. The molecular weight excluding hydrogens is 318 g/mol. The van der Waals surface area contributed by atoms with Gasteiger partial charge < -0.3 is 9.84 Å². The Kier molecular flexibility index (Phi) is 4.72. The zero-order valence-corrected chi connectivity index (χ0v) is 13.5. The number of methoxy groups -OCH3 is 1. The molecule has 0 bridgehead atoms. The molecule has 2 rings (SSSR count). The van der Waals surface area contributed by atoms with Crippen molar-refractivity contribution in [3.63, 3.8) is 0 Å². The number of aliphatic imine (C=N–C) groups is 1. The molecule has 0 atom stereocenters. The van der Waals surface area contributed by atoms with Gasteiger partial charge in [-0.25, -0.2) is 0 Å². The quantitative estimate of drug-likeness (QED) is 0.876. The number of hydrogen-bond donors (Lipinski definition) is 1. The lowest BCUT2D eigenvalue weighted by atomic mass is 10.1. The lowest BCUT2D eigenvalue weighted by Gasteiger charge is -2.10. The number of pyridine rings is 1. The van der Waals surface area contributed by atoms with Gasteiger partial charge >= 0.3 is 0 Å². The van der Waals surface area contributed by atoms with E-state index >= 15 is 0 Å². The van der Waals surface area contributed by atoms with Gasteiger partial charge in [-0.3, -0.25) is 14.4 Å². The normalized spacial score (nSPS) is 10.7. The van der Waals surface area contributed by atoms with Gasteiger partial charge in [0.15, 0.2) is 0 Å². The van der Waals surface area contributed by atoms with Gasteiger partial charge in [0.2, 0.25) is 5.88 Å². The molecule has 0 aliphatic rings. The highest BCUT2D eigenvalue weighted by Gasteiger charge is 2.15. The summed E-state index contributed by atoms with van der Waals surface area (Å²) in [6, 6.07) is 6.80. The maximum absolute atomic E-state index is 11.9. The molecule has 1 heterocycles. The Hall–Kier alpha value is -2.78. The van der Waals surface area contributed by atoms with E-state index in [9.17, 15) is 9.90 Å². The predicted molar refractivity (Wildman–Crippen MR) is 88.1 cm³/mol. The number of aromatic hydroxyl groups is 1. The van der Waals surface area contributed by atoms with Gasteiger partial charge in [-0.1, -0.05) is 11.6 Å². The summed E-state index contributed by atoms with van der Waals surface area (Å²) in [5, 5.41) is 19.7. The molecular formula is C16H14ClN3O3. The molecule has 0 aliphatic heterocycles. The van der Waals surface area contributed by atoms with Crippen LogP contribution in [0.5, 0.6) is 11.6 Å². The van der Waals surface area contributed by atoms with Crippen LogP contribution >= 0.6 is 11.6 Å². The maximum atomic E-state index is 11.9. The van der Waals surface area contributed by atoms with Crippen LogP contribution in [-0.4, -0.2) is 23.0 Å². The molecule has 118 valence electrons. The van der Waals surface area contributed by atoms with Crippen LogP contribution in [0.25, 0.3) is 0 Å². The van der Waals surface area contributed by atoms with E-state index in [1.807, 2.05) is 6.07 Å². The minimum Gasteiger partial charge on any atom is -0.494 e. The van der Waals surface area contributed by atoms with Crippen molar-refractivity contribution in [2.75, 3.05) is 7.11 Å². The van der Waals surface area contributed by atoms with E-state index in [0.717, 1.165) is 4.57 Å². The zero-order chi connectivity index (χ0) is 17.1. The maximum Gasteiger partial charge on any atom is 0.271 e. The van der Waals surface area contributed by atoms with E-state index in [1.165, 1.54) is 20.4 Å². The first-order valence-electron chi connectivity index (χ1n) is 6.61. The van der Waals surface area contributed by atoms with Crippen LogP contribution in [0, 0.1) is 18.3 Å². The van der Waals surface area contributed by atoms with Crippen LogP contribution in [-0.2, 0) is 7.05 Å². The third-order valence-electron chi connectivity index (χ3n) is 3.44. The van der Waals surface area contributed by atoms with Crippen molar-refractivity contribution in [1.82, 2.24) is 4.57 Å². The van der Waals surface area contributed by atoms with Gasteiger partial charge in [0, 0.05) is 18.3 Å². The van der Waals surface area contributed by atoms with E-state index in [0.29, 0.717) is 22.0 Å². The summed E-state index contributed by atoms with van der Waals surface area (Å²) in [5.74, 6) is 0.240. The van der Waals surface area contributed by atoms with E-state index < -0.39 is 5.56 Å². The summed E-state index contributed by atoms with van der Waals surface area (Å²) in [4.78, 5) is 16.2. The SMILES string of the molecule is COc1ccc(Cl)cc1N=Cc1c(C)c(C#N)c(=O)n(C)c1O. The highest BCUT2D eigenvalue weighted by atomic mass is 35.5. The Morgan fingerprint density at radius 2 is 2.17 bits per heavy atom. The molecule has 0 radical (unpaired) electrons. The van der Waals surface area contributed by atoms with Crippen molar-refractivity contribution in [2.24, 2.45) is 12.0 Å². The summed E-state index contributed by atoms with van der Waals surface area (Å²) < 4.78 is 6.20. The van der Waals surface area contributed by atoms with Gasteiger partial charge in [-0.05, 0) is 30.7 Å². The number of rotatable bonds is 3. The molecule has 1 N–H and O–H groups in total. The predicted octanol–water partition coefficient (Wildman–Crippen LogP) is 2.68. The smallest absolute Gasteiger partial charge is 0.271 e. The molecule has 6 nitrogen and oxygen atoms in total. The lowest BCUT2D eigenvalue weighted by Crippen LogP contribution is -2.22. The summed E-state index contributed by atoms with van der Waals surface area (Å²) in [6.45, 7) is 1.58. The van der Waals surface area contributed by atoms with Crippen LogP contribution in [0.15, 0.2) is 28.0 Å². The van der Waals surface area contributed by atoms with E-state index in [2.05, 4.69) is 4.99 Å².